The molecule has 0 saturated carbocycles. The van der Waals surface area contributed by atoms with Crippen LogP contribution < -0.4 is 4.31 Å². The Morgan fingerprint density at radius 2 is 1.50 bits per heavy atom. The van der Waals surface area contributed by atoms with E-state index >= 15 is 0 Å². The predicted molar refractivity (Wildman–Crippen MR) is 85.9 cm³/mol. The zero-order valence-electron chi connectivity index (χ0n) is 11.9. The van der Waals surface area contributed by atoms with Crippen LogP contribution in [0.4, 0.5) is 10.1 Å². The summed E-state index contributed by atoms with van der Waals surface area (Å²) in [6.45, 7) is 0. The van der Waals surface area contributed by atoms with E-state index in [0.29, 0.717) is 5.69 Å². The van der Waals surface area contributed by atoms with Gasteiger partial charge in [-0.3, -0.25) is 4.31 Å². The molecule has 0 saturated heterocycles. The Morgan fingerprint density at radius 1 is 0.864 bits per heavy atom. The Hall–Kier alpha value is -2.40. The molecule has 0 unspecified atom stereocenters. The van der Waals surface area contributed by atoms with Crippen LogP contribution in [0, 0.1) is 5.82 Å². The van der Waals surface area contributed by atoms with Crippen LogP contribution in [0.2, 0.25) is 0 Å². The molecule has 0 amide bonds. The fraction of sp³-hybridized carbons (Fsp3) is 0.0588. The van der Waals surface area contributed by atoms with Gasteiger partial charge in [-0.2, -0.15) is 0 Å². The van der Waals surface area contributed by atoms with E-state index in [1.807, 2.05) is 30.3 Å². The third-order valence-electron chi connectivity index (χ3n) is 3.57. The average Bonchev–Trinajstić information content (AvgIpc) is 2.54. The van der Waals surface area contributed by atoms with Gasteiger partial charge in [0.05, 0.1) is 5.69 Å². The van der Waals surface area contributed by atoms with Gasteiger partial charge in [0.15, 0.2) is 0 Å². The van der Waals surface area contributed by atoms with Gasteiger partial charge in [-0.05, 0) is 35.0 Å². The number of fused-ring (bicyclic) bond motifs is 1. The van der Waals surface area contributed by atoms with Crippen molar-refractivity contribution in [3.63, 3.8) is 0 Å². The maximum Gasteiger partial charge on any atom is 0.266 e. The second-order valence-corrected chi connectivity index (χ2v) is 6.87. The highest BCUT2D eigenvalue weighted by atomic mass is 32.2. The lowest BCUT2D eigenvalue weighted by atomic mass is 10.1. The zero-order valence-corrected chi connectivity index (χ0v) is 12.7. The van der Waals surface area contributed by atoms with Crippen LogP contribution >= 0.6 is 0 Å². The minimum atomic E-state index is -3.93. The third kappa shape index (κ3) is 2.44. The van der Waals surface area contributed by atoms with Gasteiger partial charge in [0.1, 0.15) is 10.7 Å². The standard InChI is InChI=1S/C17H14FNO2S/c1-19(22(20,21)17-9-5-4-8-16(17)18)15-11-10-13-6-2-3-7-14(13)12-15/h2-12H,1H3. The summed E-state index contributed by atoms with van der Waals surface area (Å²) in [6.07, 6.45) is 0. The van der Waals surface area contributed by atoms with Gasteiger partial charge in [0.25, 0.3) is 10.0 Å². The number of halogens is 1. The van der Waals surface area contributed by atoms with Gasteiger partial charge in [-0.1, -0.05) is 42.5 Å². The number of hydrogen-bond donors (Lipinski definition) is 0. The van der Waals surface area contributed by atoms with Crippen molar-refractivity contribution in [2.45, 2.75) is 4.90 Å². The van der Waals surface area contributed by atoms with Crippen molar-refractivity contribution in [1.82, 2.24) is 0 Å². The van der Waals surface area contributed by atoms with Gasteiger partial charge < -0.3 is 0 Å². The van der Waals surface area contributed by atoms with Crippen molar-refractivity contribution in [2.75, 3.05) is 11.4 Å². The van der Waals surface area contributed by atoms with Crippen molar-refractivity contribution in [1.29, 1.82) is 0 Å². The Balaban J connectivity index is 2.08. The van der Waals surface area contributed by atoms with E-state index in [4.69, 9.17) is 0 Å². The lowest BCUT2D eigenvalue weighted by Gasteiger charge is -2.20. The number of nitrogens with zero attached hydrogens (tertiary/aromatic N) is 1. The Morgan fingerprint density at radius 3 is 2.23 bits per heavy atom. The van der Waals surface area contributed by atoms with E-state index < -0.39 is 15.8 Å². The molecule has 5 heteroatoms. The molecule has 0 spiro atoms. The molecule has 0 fully saturated rings. The molecule has 3 rings (SSSR count). The molecule has 0 aliphatic heterocycles. The summed E-state index contributed by atoms with van der Waals surface area (Å²) in [4.78, 5) is -0.328. The fourth-order valence-electron chi connectivity index (χ4n) is 2.31. The van der Waals surface area contributed by atoms with Crippen LogP contribution in [0.1, 0.15) is 0 Å². The number of benzene rings is 3. The first kappa shape index (κ1) is 14.5. The summed E-state index contributed by atoms with van der Waals surface area (Å²) in [5.74, 6) is -0.755. The molecule has 0 aliphatic carbocycles. The zero-order chi connectivity index (χ0) is 15.7. The predicted octanol–water partition coefficient (Wildman–Crippen LogP) is 3.80. The summed E-state index contributed by atoms with van der Waals surface area (Å²) in [6, 6.07) is 18.4. The third-order valence-corrected chi connectivity index (χ3v) is 5.39. The van der Waals surface area contributed by atoms with Gasteiger partial charge in [-0.15, -0.1) is 0 Å². The fourth-order valence-corrected chi connectivity index (χ4v) is 3.56. The molecule has 0 aromatic heterocycles. The molecule has 0 N–H and O–H groups in total. The first-order valence-corrected chi connectivity index (χ1v) is 8.16. The molecule has 3 nitrogen and oxygen atoms in total. The van der Waals surface area contributed by atoms with E-state index in [1.165, 1.54) is 25.2 Å². The smallest absolute Gasteiger partial charge is 0.266 e. The molecule has 0 aliphatic rings. The molecule has 0 heterocycles. The number of hydrogen-bond acceptors (Lipinski definition) is 2. The maximum atomic E-state index is 13.8. The normalized spacial score (nSPS) is 11.5. The van der Waals surface area contributed by atoms with E-state index in [-0.39, 0.29) is 4.90 Å². The number of sulfonamides is 1. The van der Waals surface area contributed by atoms with E-state index in [1.54, 1.807) is 12.1 Å². The molecule has 0 radical (unpaired) electrons. The van der Waals surface area contributed by atoms with E-state index in [0.717, 1.165) is 21.1 Å². The lowest BCUT2D eigenvalue weighted by molar-refractivity contribution is 0.566. The minimum Gasteiger partial charge on any atom is -0.269 e. The first-order valence-electron chi connectivity index (χ1n) is 6.72. The van der Waals surface area contributed by atoms with Crippen molar-refractivity contribution < 1.29 is 12.8 Å². The summed E-state index contributed by atoms with van der Waals surface area (Å²) in [5.41, 5.74) is 0.488. The monoisotopic (exact) mass is 315 g/mol. The Bertz CT molecular complexity index is 938. The summed E-state index contributed by atoms with van der Waals surface area (Å²) in [7, 11) is -2.51. The summed E-state index contributed by atoms with van der Waals surface area (Å²) < 4.78 is 40.1. The highest BCUT2D eigenvalue weighted by Gasteiger charge is 2.24. The largest absolute Gasteiger partial charge is 0.269 e. The molecule has 3 aromatic carbocycles. The number of anilines is 1. The van der Waals surface area contributed by atoms with Gasteiger partial charge in [0, 0.05) is 7.05 Å². The highest BCUT2D eigenvalue weighted by Crippen LogP contribution is 2.26. The minimum absolute atomic E-state index is 0.328. The summed E-state index contributed by atoms with van der Waals surface area (Å²) >= 11 is 0. The van der Waals surface area contributed by atoms with Gasteiger partial charge in [-0.25, -0.2) is 12.8 Å². The van der Waals surface area contributed by atoms with Gasteiger partial charge in [0.2, 0.25) is 0 Å². The van der Waals surface area contributed by atoms with Crippen LogP contribution in [0.3, 0.4) is 0 Å². The van der Waals surface area contributed by atoms with Crippen molar-refractivity contribution in [3.8, 4) is 0 Å². The summed E-state index contributed by atoms with van der Waals surface area (Å²) in [5, 5.41) is 1.94. The average molecular weight is 315 g/mol. The van der Waals surface area contributed by atoms with Crippen LogP contribution in [-0.4, -0.2) is 15.5 Å². The molecule has 0 atom stereocenters. The van der Waals surface area contributed by atoms with Crippen LogP contribution in [-0.2, 0) is 10.0 Å². The molecule has 112 valence electrons. The molecular formula is C17H14FNO2S. The molecule has 0 bridgehead atoms. The Kier molecular flexibility index (Phi) is 3.58. The quantitative estimate of drug-likeness (QED) is 0.737. The maximum absolute atomic E-state index is 13.8. The van der Waals surface area contributed by atoms with Gasteiger partial charge >= 0.3 is 0 Å². The second kappa shape index (κ2) is 5.42. The molecule has 22 heavy (non-hydrogen) atoms. The van der Waals surface area contributed by atoms with Crippen LogP contribution in [0.5, 0.6) is 0 Å². The van der Waals surface area contributed by atoms with Crippen molar-refractivity contribution >= 4 is 26.5 Å². The Labute approximate surface area is 128 Å². The molecular weight excluding hydrogens is 301 g/mol. The highest BCUT2D eigenvalue weighted by molar-refractivity contribution is 7.92. The van der Waals surface area contributed by atoms with E-state index in [9.17, 15) is 12.8 Å². The lowest BCUT2D eigenvalue weighted by Crippen LogP contribution is -2.27. The molecule has 3 aromatic rings. The first-order chi connectivity index (χ1) is 10.5. The SMILES string of the molecule is CN(c1ccc2ccccc2c1)S(=O)(=O)c1ccccc1F. The topological polar surface area (TPSA) is 37.4 Å². The number of rotatable bonds is 3. The second-order valence-electron chi connectivity index (χ2n) is 4.93. The van der Waals surface area contributed by atoms with Crippen LogP contribution in [0.15, 0.2) is 71.6 Å². The van der Waals surface area contributed by atoms with E-state index in [2.05, 4.69) is 0 Å². The van der Waals surface area contributed by atoms with Crippen molar-refractivity contribution in [2.24, 2.45) is 0 Å². The van der Waals surface area contributed by atoms with Crippen LogP contribution in [0.25, 0.3) is 10.8 Å². The van der Waals surface area contributed by atoms with Crippen molar-refractivity contribution in [3.05, 3.63) is 72.5 Å².